The predicted molar refractivity (Wildman–Crippen MR) is 77.5 cm³/mol. The van der Waals surface area contributed by atoms with Crippen molar-refractivity contribution in [1.29, 1.82) is 5.26 Å². The van der Waals surface area contributed by atoms with Gasteiger partial charge in [0, 0.05) is 19.8 Å². The second-order valence-electron chi connectivity index (χ2n) is 4.13. The van der Waals surface area contributed by atoms with E-state index in [1.54, 1.807) is 43.3 Å². The quantitative estimate of drug-likeness (QED) is 0.676. The fourth-order valence-electron chi connectivity index (χ4n) is 1.77. The lowest BCUT2D eigenvalue weighted by atomic mass is 10.2. The van der Waals surface area contributed by atoms with Crippen LogP contribution in [0.5, 0.6) is 0 Å². The van der Waals surface area contributed by atoms with Crippen LogP contribution in [0.15, 0.2) is 30.5 Å². The number of rotatable bonds is 4. The van der Waals surface area contributed by atoms with Crippen LogP contribution in [0.4, 0.5) is 23.1 Å². The zero-order valence-electron chi connectivity index (χ0n) is 11.4. The van der Waals surface area contributed by atoms with Crippen LogP contribution in [0, 0.1) is 21.4 Å². The van der Waals surface area contributed by atoms with E-state index in [0.29, 0.717) is 11.3 Å². The van der Waals surface area contributed by atoms with E-state index in [2.05, 4.69) is 15.3 Å². The minimum Gasteiger partial charge on any atom is -0.357 e. The number of benzene rings is 1. The van der Waals surface area contributed by atoms with Gasteiger partial charge in [0.15, 0.2) is 0 Å². The molecule has 0 aliphatic rings. The molecule has 0 fully saturated rings. The topological polar surface area (TPSA) is 108 Å². The highest BCUT2D eigenvalue weighted by atomic mass is 16.6. The monoisotopic (exact) mass is 284 g/mol. The van der Waals surface area contributed by atoms with E-state index in [4.69, 9.17) is 5.26 Å². The number of hydrogen-bond acceptors (Lipinski definition) is 7. The Kier molecular flexibility index (Phi) is 3.95. The van der Waals surface area contributed by atoms with Gasteiger partial charge < -0.3 is 10.2 Å². The smallest absolute Gasteiger partial charge is 0.330 e. The van der Waals surface area contributed by atoms with Crippen molar-refractivity contribution >= 4 is 23.1 Å². The van der Waals surface area contributed by atoms with E-state index in [-0.39, 0.29) is 17.5 Å². The maximum Gasteiger partial charge on any atom is 0.330 e. The molecule has 0 radical (unpaired) electrons. The summed E-state index contributed by atoms with van der Waals surface area (Å²) >= 11 is 0. The van der Waals surface area contributed by atoms with Gasteiger partial charge in [-0.1, -0.05) is 6.07 Å². The van der Waals surface area contributed by atoms with Crippen LogP contribution < -0.4 is 10.2 Å². The molecule has 1 aromatic heterocycles. The third-order valence-electron chi connectivity index (χ3n) is 2.85. The Balaban J connectivity index is 2.53. The van der Waals surface area contributed by atoms with E-state index >= 15 is 0 Å². The molecule has 2 aromatic rings. The SMILES string of the molecule is CNc1ncc([N+](=O)[O-])c(N(C)c2cccc(C#N)c2)n1. The third-order valence-corrected chi connectivity index (χ3v) is 2.85. The number of nitrogens with zero attached hydrogens (tertiary/aromatic N) is 5. The molecule has 21 heavy (non-hydrogen) atoms. The maximum atomic E-state index is 11.1. The number of nitrogens with one attached hydrogen (secondary N) is 1. The van der Waals surface area contributed by atoms with Gasteiger partial charge in [-0.25, -0.2) is 4.98 Å². The maximum absolute atomic E-state index is 11.1. The summed E-state index contributed by atoms with van der Waals surface area (Å²) in [6.07, 6.45) is 1.15. The first-order valence-corrected chi connectivity index (χ1v) is 6.00. The first-order valence-electron chi connectivity index (χ1n) is 6.00. The summed E-state index contributed by atoms with van der Waals surface area (Å²) < 4.78 is 0. The van der Waals surface area contributed by atoms with Crippen LogP contribution in [0.25, 0.3) is 0 Å². The van der Waals surface area contributed by atoms with Crippen molar-refractivity contribution in [3.8, 4) is 6.07 Å². The van der Waals surface area contributed by atoms with Gasteiger partial charge in [0.25, 0.3) is 0 Å². The molecule has 0 unspecified atom stereocenters. The van der Waals surface area contributed by atoms with E-state index < -0.39 is 4.92 Å². The molecule has 0 amide bonds. The summed E-state index contributed by atoms with van der Waals surface area (Å²) in [4.78, 5) is 20.1. The fourth-order valence-corrected chi connectivity index (χ4v) is 1.77. The van der Waals surface area contributed by atoms with E-state index in [9.17, 15) is 10.1 Å². The molecule has 0 spiro atoms. The molecule has 0 saturated heterocycles. The Morgan fingerprint density at radius 2 is 2.24 bits per heavy atom. The Bertz CT molecular complexity index is 725. The second kappa shape index (κ2) is 5.83. The van der Waals surface area contributed by atoms with Crippen molar-refractivity contribution < 1.29 is 4.92 Å². The lowest BCUT2D eigenvalue weighted by Crippen LogP contribution is -2.15. The summed E-state index contributed by atoms with van der Waals surface area (Å²) in [7, 11) is 3.27. The Hall–Kier alpha value is -3.21. The number of anilines is 3. The minimum atomic E-state index is -0.542. The largest absolute Gasteiger partial charge is 0.357 e. The summed E-state index contributed by atoms with van der Waals surface area (Å²) in [5.74, 6) is 0.424. The van der Waals surface area contributed by atoms with Gasteiger partial charge in [-0.3, -0.25) is 10.1 Å². The molecule has 0 saturated carbocycles. The summed E-state index contributed by atoms with van der Waals surface area (Å²) in [6.45, 7) is 0. The van der Waals surface area contributed by atoms with Crippen molar-refractivity contribution in [2.75, 3.05) is 24.3 Å². The third kappa shape index (κ3) is 2.87. The fraction of sp³-hybridized carbons (Fsp3) is 0.154. The van der Waals surface area contributed by atoms with Gasteiger partial charge in [-0.2, -0.15) is 10.2 Å². The molecule has 0 aliphatic carbocycles. The highest BCUT2D eigenvalue weighted by Crippen LogP contribution is 2.30. The normalized spacial score (nSPS) is 9.76. The summed E-state index contributed by atoms with van der Waals surface area (Å²) in [6, 6.07) is 8.76. The van der Waals surface area contributed by atoms with Crippen LogP contribution in [0.3, 0.4) is 0 Å². The molecule has 2 rings (SSSR count). The summed E-state index contributed by atoms with van der Waals surface area (Å²) in [5.41, 5.74) is 0.877. The Morgan fingerprint density at radius 3 is 2.86 bits per heavy atom. The summed E-state index contributed by atoms with van der Waals surface area (Å²) in [5, 5.41) is 22.8. The highest BCUT2D eigenvalue weighted by molar-refractivity contribution is 5.69. The average molecular weight is 284 g/mol. The zero-order valence-corrected chi connectivity index (χ0v) is 11.4. The average Bonchev–Trinajstić information content (AvgIpc) is 2.53. The first-order chi connectivity index (χ1) is 10.1. The number of nitro groups is 1. The molecule has 106 valence electrons. The Morgan fingerprint density at radius 1 is 1.48 bits per heavy atom. The molecule has 8 nitrogen and oxygen atoms in total. The number of aromatic nitrogens is 2. The van der Waals surface area contributed by atoms with Gasteiger partial charge in [0.1, 0.15) is 6.20 Å². The van der Waals surface area contributed by atoms with E-state index in [1.165, 1.54) is 0 Å². The van der Waals surface area contributed by atoms with Crippen molar-refractivity contribution in [3.63, 3.8) is 0 Å². The van der Waals surface area contributed by atoms with Crippen LogP contribution >= 0.6 is 0 Å². The molecule has 0 atom stereocenters. The lowest BCUT2D eigenvalue weighted by Gasteiger charge is -2.18. The minimum absolute atomic E-state index is 0.148. The molecule has 1 N–H and O–H groups in total. The lowest BCUT2D eigenvalue weighted by molar-refractivity contribution is -0.384. The van der Waals surface area contributed by atoms with Crippen LogP contribution in [0.2, 0.25) is 0 Å². The van der Waals surface area contributed by atoms with Gasteiger partial charge in [0.2, 0.25) is 11.8 Å². The first kappa shape index (κ1) is 14.2. The zero-order chi connectivity index (χ0) is 15.4. The molecule has 8 heteroatoms. The van der Waals surface area contributed by atoms with Gasteiger partial charge >= 0.3 is 5.69 Å². The number of hydrogen-bond donors (Lipinski definition) is 1. The molecule has 0 bridgehead atoms. The van der Waals surface area contributed by atoms with E-state index in [1.807, 2.05) is 6.07 Å². The Labute approximate surface area is 120 Å². The van der Waals surface area contributed by atoms with Gasteiger partial charge in [-0.05, 0) is 18.2 Å². The molecular weight excluding hydrogens is 272 g/mol. The van der Waals surface area contributed by atoms with Crippen LogP contribution in [-0.2, 0) is 0 Å². The highest BCUT2D eigenvalue weighted by Gasteiger charge is 2.21. The van der Waals surface area contributed by atoms with Crippen LogP contribution in [-0.4, -0.2) is 29.0 Å². The van der Waals surface area contributed by atoms with Gasteiger partial charge in [-0.15, -0.1) is 0 Å². The standard InChI is InChI=1S/C13H12N6O2/c1-15-13-16-8-11(19(20)21)12(17-13)18(2)10-5-3-4-9(6-10)7-14/h3-6,8H,1-2H3,(H,15,16,17). The van der Waals surface area contributed by atoms with E-state index in [0.717, 1.165) is 6.20 Å². The van der Waals surface area contributed by atoms with Crippen molar-refractivity contribution in [2.45, 2.75) is 0 Å². The molecule has 1 heterocycles. The molecular formula is C13H12N6O2. The van der Waals surface area contributed by atoms with Crippen LogP contribution in [0.1, 0.15) is 5.56 Å². The molecule has 1 aromatic carbocycles. The van der Waals surface area contributed by atoms with Crippen molar-refractivity contribution in [2.24, 2.45) is 0 Å². The molecule has 0 aliphatic heterocycles. The van der Waals surface area contributed by atoms with Crippen molar-refractivity contribution in [1.82, 2.24) is 9.97 Å². The number of nitriles is 1. The predicted octanol–water partition coefficient (Wildman–Crippen LogP) is 2.07. The van der Waals surface area contributed by atoms with Crippen molar-refractivity contribution in [3.05, 3.63) is 46.1 Å². The van der Waals surface area contributed by atoms with Gasteiger partial charge in [0.05, 0.1) is 16.6 Å². The second-order valence-corrected chi connectivity index (χ2v) is 4.13.